The van der Waals surface area contributed by atoms with E-state index in [1.807, 2.05) is 37.3 Å². The molecule has 0 saturated heterocycles. The molecular weight excluding hydrogens is 296 g/mol. The molecule has 0 saturated carbocycles. The van der Waals surface area contributed by atoms with E-state index in [1.54, 1.807) is 14.2 Å². The van der Waals surface area contributed by atoms with Crippen LogP contribution in [0.5, 0.6) is 23.0 Å². The number of aryl methyl sites for hydroxylation is 1. The van der Waals surface area contributed by atoms with Crippen LogP contribution in [-0.2, 0) is 0 Å². The van der Waals surface area contributed by atoms with E-state index in [0.717, 1.165) is 39.4 Å². The van der Waals surface area contributed by atoms with Gasteiger partial charge in [0.25, 0.3) is 0 Å². The van der Waals surface area contributed by atoms with Crippen LogP contribution in [0.15, 0.2) is 34.7 Å². The summed E-state index contributed by atoms with van der Waals surface area (Å²) in [6.45, 7) is 2.27. The van der Waals surface area contributed by atoms with Crippen molar-refractivity contribution in [1.29, 1.82) is 0 Å². The second kappa shape index (κ2) is 5.12. The van der Waals surface area contributed by atoms with E-state index in [1.165, 1.54) is 0 Å². The molecule has 118 valence electrons. The largest absolute Gasteiger partial charge is 0.497 e. The topological polar surface area (TPSA) is 50.1 Å². The summed E-state index contributed by atoms with van der Waals surface area (Å²) in [7, 11) is 3.26. The Hall–Kier alpha value is -2.82. The maximum Gasteiger partial charge on any atom is 0.231 e. The van der Waals surface area contributed by atoms with Crippen molar-refractivity contribution >= 4 is 11.0 Å². The Morgan fingerprint density at radius 3 is 2.48 bits per heavy atom. The normalized spacial score (nSPS) is 12.7. The Labute approximate surface area is 133 Å². The third-order valence-corrected chi connectivity index (χ3v) is 4.08. The molecule has 23 heavy (non-hydrogen) atoms. The minimum atomic E-state index is 0.250. The van der Waals surface area contributed by atoms with Crippen LogP contribution < -0.4 is 18.9 Å². The summed E-state index contributed by atoms with van der Waals surface area (Å²) in [6, 6.07) is 9.48. The van der Waals surface area contributed by atoms with E-state index in [-0.39, 0.29) is 6.79 Å². The molecule has 1 aliphatic heterocycles. The van der Waals surface area contributed by atoms with Crippen LogP contribution >= 0.6 is 0 Å². The highest BCUT2D eigenvalue weighted by atomic mass is 16.7. The molecule has 5 heteroatoms. The second-order valence-electron chi connectivity index (χ2n) is 5.32. The van der Waals surface area contributed by atoms with Gasteiger partial charge in [0.2, 0.25) is 6.79 Å². The Morgan fingerprint density at radius 1 is 0.957 bits per heavy atom. The van der Waals surface area contributed by atoms with Crippen molar-refractivity contribution in [2.24, 2.45) is 0 Å². The van der Waals surface area contributed by atoms with Crippen LogP contribution in [0.2, 0.25) is 0 Å². The molecule has 5 nitrogen and oxygen atoms in total. The van der Waals surface area contributed by atoms with Gasteiger partial charge in [-0.15, -0.1) is 0 Å². The number of rotatable bonds is 3. The first kappa shape index (κ1) is 13.8. The van der Waals surface area contributed by atoms with Crippen molar-refractivity contribution in [3.63, 3.8) is 0 Å². The van der Waals surface area contributed by atoms with Crippen molar-refractivity contribution in [2.75, 3.05) is 21.0 Å². The summed E-state index contributed by atoms with van der Waals surface area (Å²) in [5.74, 6) is 3.66. The lowest BCUT2D eigenvalue weighted by molar-refractivity contribution is 0.174. The molecule has 1 aromatic heterocycles. The average Bonchev–Trinajstić information content (AvgIpc) is 3.16. The van der Waals surface area contributed by atoms with Crippen LogP contribution in [0, 0.1) is 6.92 Å². The zero-order valence-corrected chi connectivity index (χ0v) is 13.1. The van der Waals surface area contributed by atoms with Gasteiger partial charge in [-0.1, -0.05) is 0 Å². The zero-order valence-electron chi connectivity index (χ0n) is 13.1. The van der Waals surface area contributed by atoms with Gasteiger partial charge in [0.1, 0.15) is 22.8 Å². The predicted molar refractivity (Wildman–Crippen MR) is 85.6 cm³/mol. The van der Waals surface area contributed by atoms with Crippen molar-refractivity contribution in [3.05, 3.63) is 35.9 Å². The van der Waals surface area contributed by atoms with E-state index in [2.05, 4.69) is 0 Å². The first-order valence-corrected chi connectivity index (χ1v) is 7.26. The Kier molecular flexibility index (Phi) is 3.08. The minimum Gasteiger partial charge on any atom is -0.497 e. The molecule has 0 spiro atoms. The molecule has 3 aromatic rings. The molecule has 0 amide bonds. The molecule has 0 unspecified atom stereocenters. The summed E-state index contributed by atoms with van der Waals surface area (Å²) in [5.41, 5.74) is 2.67. The van der Waals surface area contributed by atoms with Gasteiger partial charge in [-0.3, -0.25) is 0 Å². The lowest BCUT2D eigenvalue weighted by Gasteiger charge is -2.09. The molecule has 0 N–H and O–H groups in total. The number of hydrogen-bond donors (Lipinski definition) is 0. The van der Waals surface area contributed by atoms with E-state index in [4.69, 9.17) is 23.4 Å². The predicted octanol–water partition coefficient (Wildman–Crippen LogP) is 4.15. The molecule has 1 aliphatic rings. The van der Waals surface area contributed by atoms with Crippen LogP contribution in [0.1, 0.15) is 5.56 Å². The number of ether oxygens (including phenoxy) is 4. The summed E-state index contributed by atoms with van der Waals surface area (Å²) < 4.78 is 27.7. The highest BCUT2D eigenvalue weighted by Crippen LogP contribution is 2.43. The van der Waals surface area contributed by atoms with E-state index >= 15 is 0 Å². The van der Waals surface area contributed by atoms with Gasteiger partial charge in [0.05, 0.1) is 19.8 Å². The number of methoxy groups -OCH3 is 2. The lowest BCUT2D eigenvalue weighted by atomic mass is 10.1. The van der Waals surface area contributed by atoms with Crippen LogP contribution in [0.3, 0.4) is 0 Å². The van der Waals surface area contributed by atoms with Gasteiger partial charge in [0, 0.05) is 23.1 Å². The highest BCUT2D eigenvalue weighted by Gasteiger charge is 2.21. The SMILES string of the molecule is COc1ccc(-c2oc3cc4c(cc3c2C)OCO4)c(OC)c1. The Bertz CT molecular complexity index is 894. The van der Waals surface area contributed by atoms with E-state index in [9.17, 15) is 0 Å². The Morgan fingerprint density at radius 2 is 1.74 bits per heavy atom. The molecular formula is C18H16O5. The maximum atomic E-state index is 6.07. The smallest absolute Gasteiger partial charge is 0.231 e. The number of furan rings is 1. The van der Waals surface area contributed by atoms with Crippen molar-refractivity contribution in [1.82, 2.24) is 0 Å². The third kappa shape index (κ3) is 2.08. The molecule has 0 aliphatic carbocycles. The third-order valence-electron chi connectivity index (χ3n) is 4.08. The molecule has 0 radical (unpaired) electrons. The standard InChI is InChI=1S/C18H16O5/c1-10-13-7-16-17(22-9-21-16)8-15(13)23-18(10)12-5-4-11(19-2)6-14(12)20-3/h4-8H,9H2,1-3H3. The maximum absolute atomic E-state index is 6.07. The number of benzene rings is 2. The zero-order chi connectivity index (χ0) is 16.0. The van der Waals surface area contributed by atoms with Gasteiger partial charge in [-0.25, -0.2) is 0 Å². The summed E-state index contributed by atoms with van der Waals surface area (Å²) in [5, 5.41) is 1.00. The number of fused-ring (bicyclic) bond motifs is 2. The fourth-order valence-electron chi connectivity index (χ4n) is 2.85. The monoisotopic (exact) mass is 312 g/mol. The van der Waals surface area contributed by atoms with Crippen LogP contribution in [0.25, 0.3) is 22.3 Å². The lowest BCUT2D eigenvalue weighted by Crippen LogP contribution is -1.92. The molecule has 4 rings (SSSR count). The van der Waals surface area contributed by atoms with Gasteiger partial charge < -0.3 is 23.4 Å². The molecule has 0 fully saturated rings. The van der Waals surface area contributed by atoms with E-state index < -0.39 is 0 Å². The van der Waals surface area contributed by atoms with Crippen LogP contribution in [0.4, 0.5) is 0 Å². The summed E-state index contributed by atoms with van der Waals surface area (Å²) in [6.07, 6.45) is 0. The van der Waals surface area contributed by atoms with Gasteiger partial charge in [-0.2, -0.15) is 0 Å². The molecule has 2 aromatic carbocycles. The van der Waals surface area contributed by atoms with Gasteiger partial charge in [0.15, 0.2) is 11.5 Å². The minimum absolute atomic E-state index is 0.250. The first-order valence-electron chi connectivity index (χ1n) is 7.26. The van der Waals surface area contributed by atoms with Crippen molar-refractivity contribution < 1.29 is 23.4 Å². The molecule has 0 bridgehead atoms. The van der Waals surface area contributed by atoms with E-state index in [0.29, 0.717) is 11.5 Å². The summed E-state index contributed by atoms with van der Waals surface area (Å²) in [4.78, 5) is 0. The average molecular weight is 312 g/mol. The Balaban J connectivity index is 1.91. The molecule has 0 atom stereocenters. The summed E-state index contributed by atoms with van der Waals surface area (Å²) >= 11 is 0. The van der Waals surface area contributed by atoms with Gasteiger partial charge >= 0.3 is 0 Å². The highest BCUT2D eigenvalue weighted by molar-refractivity contribution is 5.91. The second-order valence-corrected chi connectivity index (χ2v) is 5.32. The van der Waals surface area contributed by atoms with Gasteiger partial charge in [-0.05, 0) is 25.1 Å². The number of hydrogen-bond acceptors (Lipinski definition) is 5. The fourth-order valence-corrected chi connectivity index (χ4v) is 2.85. The van der Waals surface area contributed by atoms with Crippen LogP contribution in [-0.4, -0.2) is 21.0 Å². The van der Waals surface area contributed by atoms with Crippen molar-refractivity contribution in [2.45, 2.75) is 6.92 Å². The molecule has 2 heterocycles. The fraction of sp³-hybridized carbons (Fsp3) is 0.222. The van der Waals surface area contributed by atoms with Crippen molar-refractivity contribution in [3.8, 4) is 34.3 Å². The first-order chi connectivity index (χ1) is 11.2. The quantitative estimate of drug-likeness (QED) is 0.727.